The van der Waals surface area contributed by atoms with Crippen LogP contribution in [0, 0.1) is 13.8 Å². The van der Waals surface area contributed by atoms with Crippen LogP contribution in [0.5, 0.6) is 5.75 Å². The van der Waals surface area contributed by atoms with E-state index in [9.17, 15) is 17.2 Å². The largest absolute Gasteiger partial charge is 0.433 e. The molecule has 0 radical (unpaired) electrons. The second-order valence-electron chi connectivity index (χ2n) is 6.00. The highest BCUT2D eigenvalue weighted by atomic mass is 32.2. The van der Waals surface area contributed by atoms with E-state index in [4.69, 9.17) is 0 Å². The maximum atomic E-state index is 12.8. The number of para-hydroxylation sites is 1. The van der Waals surface area contributed by atoms with Gasteiger partial charge in [0.25, 0.3) is 10.0 Å². The summed E-state index contributed by atoms with van der Waals surface area (Å²) in [5.41, 5.74) is 1.44. The van der Waals surface area contributed by atoms with Gasteiger partial charge in [0.2, 0.25) is 11.8 Å². The van der Waals surface area contributed by atoms with E-state index in [1.54, 1.807) is 26.8 Å². The maximum Gasteiger partial charge on any atom is 0.387 e. The Labute approximate surface area is 165 Å². The molecule has 2 heterocycles. The third-order valence-corrected chi connectivity index (χ3v) is 5.20. The summed E-state index contributed by atoms with van der Waals surface area (Å²) in [6, 6.07) is 6.87. The third-order valence-electron chi connectivity index (χ3n) is 3.83. The molecule has 0 unspecified atom stereocenters. The fourth-order valence-corrected chi connectivity index (χ4v) is 3.85. The van der Waals surface area contributed by atoms with Gasteiger partial charge in [-0.25, -0.2) is 23.1 Å². The number of sulfonamides is 1. The summed E-state index contributed by atoms with van der Waals surface area (Å²) in [7, 11) is -4.28. The number of nitrogens with zero attached hydrogens (tertiary/aromatic N) is 5. The molecule has 0 saturated heterocycles. The summed E-state index contributed by atoms with van der Waals surface area (Å²) in [6.45, 7) is 2.51. The van der Waals surface area contributed by atoms with Crippen molar-refractivity contribution in [3.63, 3.8) is 0 Å². The number of aryl methyl sites for hydroxylation is 2. The molecule has 0 saturated carbocycles. The highest BCUT2D eigenvalue weighted by Gasteiger charge is 2.25. The van der Waals surface area contributed by atoms with Crippen molar-refractivity contribution in [1.82, 2.24) is 24.7 Å². The van der Waals surface area contributed by atoms with Gasteiger partial charge < -0.3 is 4.74 Å². The molecule has 154 valence electrons. The van der Waals surface area contributed by atoms with Crippen molar-refractivity contribution in [2.24, 2.45) is 0 Å². The number of benzene rings is 1. The van der Waals surface area contributed by atoms with Crippen molar-refractivity contribution < 1.29 is 21.9 Å². The minimum Gasteiger partial charge on any atom is -0.433 e. The molecule has 0 atom stereocenters. The first kappa shape index (κ1) is 20.6. The molecule has 1 N–H and O–H groups in total. The SMILES string of the molecule is CCn1c(NS(=O)(=O)c2ccccc2OC(F)F)nnc1-c1nc(C)cc(C)n1. The lowest BCUT2D eigenvalue weighted by molar-refractivity contribution is -0.0517. The zero-order chi connectivity index (χ0) is 21.2. The van der Waals surface area contributed by atoms with Crippen LogP contribution in [-0.2, 0) is 16.6 Å². The Bertz CT molecular complexity index is 1110. The fourth-order valence-electron chi connectivity index (χ4n) is 2.71. The Balaban J connectivity index is 2.00. The number of alkyl halides is 2. The number of hydrogen-bond acceptors (Lipinski definition) is 7. The molecule has 0 aliphatic carbocycles. The van der Waals surface area contributed by atoms with E-state index in [0.717, 1.165) is 23.5 Å². The topological polar surface area (TPSA) is 112 Å². The molecule has 2 aromatic heterocycles. The van der Waals surface area contributed by atoms with Crippen molar-refractivity contribution >= 4 is 16.0 Å². The van der Waals surface area contributed by atoms with Gasteiger partial charge in [-0.05, 0) is 39.0 Å². The normalized spacial score (nSPS) is 11.7. The molecule has 12 heteroatoms. The molecule has 29 heavy (non-hydrogen) atoms. The average Bonchev–Trinajstić information content (AvgIpc) is 3.02. The van der Waals surface area contributed by atoms with E-state index in [2.05, 4.69) is 29.6 Å². The van der Waals surface area contributed by atoms with Gasteiger partial charge in [0.05, 0.1) is 0 Å². The third kappa shape index (κ3) is 4.47. The van der Waals surface area contributed by atoms with Crippen LogP contribution in [0.25, 0.3) is 11.6 Å². The van der Waals surface area contributed by atoms with Crippen molar-refractivity contribution in [3.05, 3.63) is 41.7 Å². The van der Waals surface area contributed by atoms with E-state index in [1.807, 2.05) is 0 Å². The zero-order valence-electron chi connectivity index (χ0n) is 15.8. The monoisotopic (exact) mass is 424 g/mol. The Kier molecular flexibility index (Phi) is 5.73. The van der Waals surface area contributed by atoms with Crippen molar-refractivity contribution in [2.75, 3.05) is 4.72 Å². The van der Waals surface area contributed by atoms with Crippen LogP contribution in [0.3, 0.4) is 0 Å². The molecule has 3 aromatic rings. The van der Waals surface area contributed by atoms with Crippen LogP contribution < -0.4 is 9.46 Å². The van der Waals surface area contributed by atoms with Gasteiger partial charge in [-0.1, -0.05) is 12.1 Å². The molecule has 0 aliphatic rings. The van der Waals surface area contributed by atoms with Crippen LogP contribution in [0.15, 0.2) is 35.2 Å². The highest BCUT2D eigenvalue weighted by Crippen LogP contribution is 2.27. The second kappa shape index (κ2) is 8.07. The standard InChI is InChI=1S/C17H18F2N6O3S/c1-4-25-15(14-20-10(2)9-11(3)21-14)22-23-17(25)24-29(26,27)13-8-6-5-7-12(13)28-16(18)19/h5-9,16H,4H2,1-3H3,(H,23,24). The van der Waals surface area contributed by atoms with Gasteiger partial charge in [-0.2, -0.15) is 8.78 Å². The van der Waals surface area contributed by atoms with Gasteiger partial charge in [0.15, 0.2) is 5.82 Å². The minimum absolute atomic E-state index is 0.0999. The van der Waals surface area contributed by atoms with Gasteiger partial charge in [0, 0.05) is 17.9 Å². The maximum absolute atomic E-state index is 12.8. The molecule has 0 spiro atoms. The Morgan fingerprint density at radius 3 is 2.41 bits per heavy atom. The predicted molar refractivity (Wildman–Crippen MR) is 100 cm³/mol. The summed E-state index contributed by atoms with van der Waals surface area (Å²) in [5, 5.41) is 7.88. The second-order valence-corrected chi connectivity index (χ2v) is 7.65. The number of hydrogen-bond donors (Lipinski definition) is 1. The predicted octanol–water partition coefficient (Wildman–Crippen LogP) is 2.77. The molecule has 0 fully saturated rings. The number of halogens is 2. The van der Waals surface area contributed by atoms with Gasteiger partial charge in [-0.3, -0.25) is 4.57 Å². The van der Waals surface area contributed by atoms with Crippen molar-refractivity contribution in [1.29, 1.82) is 0 Å². The molecule has 1 aromatic carbocycles. The highest BCUT2D eigenvalue weighted by molar-refractivity contribution is 7.92. The number of nitrogens with one attached hydrogen (secondary N) is 1. The summed E-state index contributed by atoms with van der Waals surface area (Å²) < 4.78 is 58.8. The Hall–Kier alpha value is -3.15. The average molecular weight is 424 g/mol. The summed E-state index contributed by atoms with van der Waals surface area (Å²) >= 11 is 0. The Morgan fingerprint density at radius 2 is 1.79 bits per heavy atom. The molecule has 0 bridgehead atoms. The van der Waals surface area contributed by atoms with E-state index in [-0.39, 0.29) is 11.8 Å². The number of aromatic nitrogens is 5. The smallest absolute Gasteiger partial charge is 0.387 e. The fraction of sp³-hybridized carbons (Fsp3) is 0.294. The molecular formula is C17H18F2N6O3S. The quantitative estimate of drug-likeness (QED) is 0.621. The van der Waals surface area contributed by atoms with Crippen molar-refractivity contribution in [3.8, 4) is 17.4 Å². The van der Waals surface area contributed by atoms with E-state index < -0.39 is 27.3 Å². The first-order valence-electron chi connectivity index (χ1n) is 8.53. The van der Waals surface area contributed by atoms with E-state index in [1.165, 1.54) is 16.7 Å². The van der Waals surface area contributed by atoms with E-state index in [0.29, 0.717) is 12.4 Å². The van der Waals surface area contributed by atoms with Gasteiger partial charge >= 0.3 is 6.61 Å². The lowest BCUT2D eigenvalue weighted by Gasteiger charge is -2.13. The minimum atomic E-state index is -4.28. The summed E-state index contributed by atoms with van der Waals surface area (Å²) in [6.07, 6.45) is 0. The first-order chi connectivity index (χ1) is 13.7. The van der Waals surface area contributed by atoms with Crippen LogP contribution in [0.4, 0.5) is 14.7 Å². The molecular weight excluding hydrogens is 406 g/mol. The van der Waals surface area contributed by atoms with Crippen LogP contribution >= 0.6 is 0 Å². The Morgan fingerprint density at radius 1 is 1.14 bits per heavy atom. The number of anilines is 1. The molecule has 0 aliphatic heterocycles. The van der Waals surface area contributed by atoms with E-state index >= 15 is 0 Å². The lowest BCUT2D eigenvalue weighted by Crippen LogP contribution is -2.18. The summed E-state index contributed by atoms with van der Waals surface area (Å²) in [5.74, 6) is -0.00890. The van der Waals surface area contributed by atoms with Crippen LogP contribution in [-0.4, -0.2) is 39.8 Å². The van der Waals surface area contributed by atoms with Gasteiger partial charge in [-0.15, -0.1) is 10.2 Å². The summed E-state index contributed by atoms with van der Waals surface area (Å²) in [4.78, 5) is 8.18. The number of rotatable bonds is 7. The molecule has 3 rings (SSSR count). The molecule has 0 amide bonds. The van der Waals surface area contributed by atoms with Crippen LogP contribution in [0.2, 0.25) is 0 Å². The van der Waals surface area contributed by atoms with Gasteiger partial charge in [0.1, 0.15) is 10.6 Å². The zero-order valence-corrected chi connectivity index (χ0v) is 16.6. The number of ether oxygens (including phenoxy) is 1. The lowest BCUT2D eigenvalue weighted by atomic mass is 10.3. The first-order valence-corrected chi connectivity index (χ1v) is 10.0. The van der Waals surface area contributed by atoms with Crippen LogP contribution in [0.1, 0.15) is 18.3 Å². The van der Waals surface area contributed by atoms with Crippen molar-refractivity contribution in [2.45, 2.75) is 38.8 Å². The molecule has 9 nitrogen and oxygen atoms in total.